The van der Waals surface area contributed by atoms with Crippen LogP contribution >= 0.6 is 0 Å². The second-order valence-electron chi connectivity index (χ2n) is 4.41. The molecule has 2 rings (SSSR count). The van der Waals surface area contributed by atoms with Gasteiger partial charge in [0.25, 0.3) is 0 Å². The standard InChI is InChI=1S/C14H19NO/c1-3-7-13(8-4-1)11-15-16-12-14-9-5-2-6-10-14/h2,5-6,9-11,13H,1,3-4,7-8,12H2/b15-11+. The average molecular weight is 217 g/mol. The molecule has 0 unspecified atom stereocenters. The zero-order chi connectivity index (χ0) is 11.1. The molecule has 1 aliphatic rings. The zero-order valence-corrected chi connectivity index (χ0v) is 9.64. The summed E-state index contributed by atoms with van der Waals surface area (Å²) in [4.78, 5) is 5.29. The highest BCUT2D eigenvalue weighted by atomic mass is 16.6. The number of nitrogens with zero attached hydrogens (tertiary/aromatic N) is 1. The van der Waals surface area contributed by atoms with Gasteiger partial charge in [0.1, 0.15) is 6.61 Å². The lowest BCUT2D eigenvalue weighted by molar-refractivity contribution is 0.130. The van der Waals surface area contributed by atoms with Gasteiger partial charge >= 0.3 is 0 Å². The van der Waals surface area contributed by atoms with Crippen LogP contribution in [0.4, 0.5) is 0 Å². The number of hydrogen-bond acceptors (Lipinski definition) is 2. The molecule has 1 saturated carbocycles. The molecule has 0 radical (unpaired) electrons. The van der Waals surface area contributed by atoms with E-state index in [-0.39, 0.29) is 0 Å². The van der Waals surface area contributed by atoms with Crippen molar-refractivity contribution in [2.45, 2.75) is 38.7 Å². The molecule has 0 bridgehead atoms. The Balaban J connectivity index is 1.69. The first kappa shape index (κ1) is 11.2. The van der Waals surface area contributed by atoms with Crippen LogP contribution in [0.1, 0.15) is 37.7 Å². The van der Waals surface area contributed by atoms with E-state index in [0.29, 0.717) is 12.5 Å². The van der Waals surface area contributed by atoms with Crippen LogP contribution in [0.5, 0.6) is 0 Å². The van der Waals surface area contributed by atoms with Crippen molar-refractivity contribution in [3.8, 4) is 0 Å². The smallest absolute Gasteiger partial charge is 0.142 e. The molecule has 0 saturated heterocycles. The molecule has 0 aromatic heterocycles. The van der Waals surface area contributed by atoms with Gasteiger partial charge in [0.15, 0.2) is 0 Å². The minimum atomic E-state index is 0.573. The fraction of sp³-hybridized carbons (Fsp3) is 0.500. The number of oxime groups is 1. The Hall–Kier alpha value is -1.31. The van der Waals surface area contributed by atoms with Crippen molar-refractivity contribution < 1.29 is 4.84 Å². The maximum absolute atomic E-state index is 5.29. The molecule has 0 aliphatic heterocycles. The van der Waals surface area contributed by atoms with E-state index in [1.807, 2.05) is 24.4 Å². The first-order chi connectivity index (χ1) is 7.95. The van der Waals surface area contributed by atoms with Crippen molar-refractivity contribution in [2.24, 2.45) is 11.1 Å². The van der Waals surface area contributed by atoms with E-state index in [2.05, 4.69) is 17.3 Å². The van der Waals surface area contributed by atoms with E-state index in [9.17, 15) is 0 Å². The molecule has 0 amide bonds. The van der Waals surface area contributed by atoms with Gasteiger partial charge in [-0.3, -0.25) is 0 Å². The largest absolute Gasteiger partial charge is 0.391 e. The zero-order valence-electron chi connectivity index (χ0n) is 9.64. The lowest BCUT2D eigenvalue weighted by Crippen LogP contribution is -2.07. The summed E-state index contributed by atoms with van der Waals surface area (Å²) in [5.41, 5.74) is 1.17. The van der Waals surface area contributed by atoms with Gasteiger partial charge in [-0.25, -0.2) is 0 Å². The van der Waals surface area contributed by atoms with E-state index in [4.69, 9.17) is 4.84 Å². The van der Waals surface area contributed by atoms with E-state index in [1.54, 1.807) is 0 Å². The van der Waals surface area contributed by atoms with Gasteiger partial charge in [-0.05, 0) is 24.3 Å². The quantitative estimate of drug-likeness (QED) is 0.555. The maximum atomic E-state index is 5.29. The third-order valence-electron chi connectivity index (χ3n) is 3.07. The Bertz CT molecular complexity index is 315. The summed E-state index contributed by atoms with van der Waals surface area (Å²) in [5.74, 6) is 0.643. The Kier molecular flexibility index (Phi) is 4.41. The van der Waals surface area contributed by atoms with Crippen molar-refractivity contribution in [3.63, 3.8) is 0 Å². The van der Waals surface area contributed by atoms with Gasteiger partial charge in [-0.1, -0.05) is 54.8 Å². The number of rotatable bonds is 4. The fourth-order valence-corrected chi connectivity index (χ4v) is 2.10. The van der Waals surface area contributed by atoms with Crippen LogP contribution in [0.2, 0.25) is 0 Å². The fourth-order valence-electron chi connectivity index (χ4n) is 2.10. The molecule has 16 heavy (non-hydrogen) atoms. The van der Waals surface area contributed by atoms with Crippen molar-refractivity contribution in [1.29, 1.82) is 0 Å². The predicted octanol–water partition coefficient (Wildman–Crippen LogP) is 3.77. The predicted molar refractivity (Wildman–Crippen MR) is 66.3 cm³/mol. The Morgan fingerprint density at radius 1 is 1.12 bits per heavy atom. The van der Waals surface area contributed by atoms with Gasteiger partial charge in [-0.15, -0.1) is 0 Å². The summed E-state index contributed by atoms with van der Waals surface area (Å²) in [6.07, 6.45) is 8.61. The molecule has 0 atom stereocenters. The van der Waals surface area contributed by atoms with Crippen molar-refractivity contribution >= 4 is 6.21 Å². The summed E-state index contributed by atoms with van der Waals surface area (Å²) < 4.78 is 0. The summed E-state index contributed by atoms with van der Waals surface area (Å²) in [7, 11) is 0. The van der Waals surface area contributed by atoms with Crippen LogP contribution in [0.25, 0.3) is 0 Å². The average Bonchev–Trinajstić information content (AvgIpc) is 2.37. The minimum absolute atomic E-state index is 0.573. The maximum Gasteiger partial charge on any atom is 0.142 e. The van der Waals surface area contributed by atoms with Crippen LogP contribution in [-0.4, -0.2) is 6.21 Å². The molecule has 0 N–H and O–H groups in total. The Labute approximate surface area is 97.3 Å². The van der Waals surface area contributed by atoms with E-state index < -0.39 is 0 Å². The topological polar surface area (TPSA) is 21.6 Å². The van der Waals surface area contributed by atoms with Gasteiger partial charge in [0, 0.05) is 6.21 Å². The monoisotopic (exact) mass is 217 g/mol. The second-order valence-corrected chi connectivity index (χ2v) is 4.41. The lowest BCUT2D eigenvalue weighted by atomic mass is 9.90. The third kappa shape index (κ3) is 3.69. The second kappa shape index (κ2) is 6.31. The molecule has 1 aliphatic carbocycles. The summed E-state index contributed by atoms with van der Waals surface area (Å²) in [6, 6.07) is 10.1. The van der Waals surface area contributed by atoms with Crippen LogP contribution in [0, 0.1) is 5.92 Å². The van der Waals surface area contributed by atoms with Crippen LogP contribution in [0.15, 0.2) is 35.5 Å². The van der Waals surface area contributed by atoms with E-state index in [0.717, 1.165) is 0 Å². The van der Waals surface area contributed by atoms with Crippen molar-refractivity contribution in [3.05, 3.63) is 35.9 Å². The highest BCUT2D eigenvalue weighted by Gasteiger charge is 2.10. The molecule has 0 spiro atoms. The van der Waals surface area contributed by atoms with Crippen LogP contribution < -0.4 is 0 Å². The summed E-state index contributed by atoms with van der Waals surface area (Å²) in [5, 5.41) is 4.07. The SMILES string of the molecule is C(=N\OCc1ccccc1)/C1CCCCC1. The van der Waals surface area contributed by atoms with Gasteiger partial charge < -0.3 is 4.84 Å². The van der Waals surface area contributed by atoms with E-state index >= 15 is 0 Å². The van der Waals surface area contributed by atoms with Crippen molar-refractivity contribution in [1.82, 2.24) is 0 Å². The molecule has 1 aromatic carbocycles. The van der Waals surface area contributed by atoms with Gasteiger partial charge in [0.05, 0.1) is 0 Å². The normalized spacial score (nSPS) is 17.8. The third-order valence-corrected chi connectivity index (χ3v) is 3.07. The summed E-state index contributed by atoms with van der Waals surface area (Å²) in [6.45, 7) is 0.573. The highest BCUT2D eigenvalue weighted by molar-refractivity contribution is 5.59. The summed E-state index contributed by atoms with van der Waals surface area (Å²) >= 11 is 0. The first-order valence-electron chi connectivity index (χ1n) is 6.14. The van der Waals surface area contributed by atoms with Crippen molar-refractivity contribution in [2.75, 3.05) is 0 Å². The number of hydrogen-bond donors (Lipinski definition) is 0. The van der Waals surface area contributed by atoms with Gasteiger partial charge in [0.2, 0.25) is 0 Å². The molecule has 0 heterocycles. The molecule has 1 fully saturated rings. The molecule has 2 nitrogen and oxygen atoms in total. The van der Waals surface area contributed by atoms with Gasteiger partial charge in [-0.2, -0.15) is 0 Å². The highest BCUT2D eigenvalue weighted by Crippen LogP contribution is 2.21. The minimum Gasteiger partial charge on any atom is -0.391 e. The molecule has 86 valence electrons. The first-order valence-corrected chi connectivity index (χ1v) is 6.14. The number of benzene rings is 1. The molecule has 2 heteroatoms. The Morgan fingerprint density at radius 2 is 1.88 bits per heavy atom. The van der Waals surface area contributed by atoms with Crippen LogP contribution in [-0.2, 0) is 11.4 Å². The molecular formula is C14H19NO. The molecule has 1 aromatic rings. The van der Waals surface area contributed by atoms with Crippen LogP contribution in [0.3, 0.4) is 0 Å². The molecular weight excluding hydrogens is 198 g/mol. The Morgan fingerprint density at radius 3 is 2.62 bits per heavy atom. The van der Waals surface area contributed by atoms with E-state index in [1.165, 1.54) is 37.7 Å². The lowest BCUT2D eigenvalue weighted by Gasteiger charge is -2.16.